The molecule has 2 heterocycles. The van der Waals surface area contributed by atoms with Crippen LogP contribution >= 0.6 is 0 Å². The first kappa shape index (κ1) is 17.5. The van der Waals surface area contributed by atoms with Crippen molar-refractivity contribution >= 4 is 5.91 Å². The number of benzene rings is 1. The summed E-state index contributed by atoms with van der Waals surface area (Å²) in [5, 5.41) is 7.53. The number of piperidine rings is 1. The maximum Gasteiger partial charge on any atom is 0.219 e. The van der Waals surface area contributed by atoms with Crippen LogP contribution in [0.1, 0.15) is 19.8 Å². The van der Waals surface area contributed by atoms with Crippen LogP contribution in [0.2, 0.25) is 0 Å². The molecular weight excluding hydrogens is 316 g/mol. The molecule has 6 heteroatoms. The summed E-state index contributed by atoms with van der Waals surface area (Å²) in [6, 6.07) is 9.15. The van der Waals surface area contributed by atoms with Gasteiger partial charge in [0, 0.05) is 31.8 Å². The van der Waals surface area contributed by atoms with Gasteiger partial charge in [-0.2, -0.15) is 5.10 Å². The Morgan fingerprint density at radius 3 is 2.88 bits per heavy atom. The molecule has 1 saturated heterocycles. The molecule has 0 unspecified atom stereocenters. The third-order valence-electron chi connectivity index (χ3n) is 4.56. The summed E-state index contributed by atoms with van der Waals surface area (Å²) in [4.78, 5) is 13.9. The van der Waals surface area contributed by atoms with Crippen molar-refractivity contribution in [1.29, 1.82) is 0 Å². The minimum Gasteiger partial charge on any atom is -0.492 e. The fraction of sp³-hybridized carbons (Fsp3) is 0.474. The fourth-order valence-corrected chi connectivity index (χ4v) is 3.25. The number of aromatic nitrogens is 2. The van der Waals surface area contributed by atoms with Crippen molar-refractivity contribution in [1.82, 2.24) is 20.0 Å². The molecule has 0 saturated carbocycles. The van der Waals surface area contributed by atoms with E-state index in [0.29, 0.717) is 19.2 Å². The molecule has 25 heavy (non-hydrogen) atoms. The highest BCUT2D eigenvalue weighted by atomic mass is 16.5. The molecule has 0 atom stereocenters. The Morgan fingerprint density at radius 1 is 1.40 bits per heavy atom. The molecule has 1 aliphatic rings. The number of nitrogens with zero attached hydrogens (tertiary/aromatic N) is 3. The first-order valence-electron chi connectivity index (χ1n) is 8.74. The van der Waals surface area contributed by atoms with Crippen LogP contribution in [-0.2, 0) is 11.8 Å². The molecule has 6 nitrogen and oxygen atoms in total. The quantitative estimate of drug-likeness (QED) is 0.871. The van der Waals surface area contributed by atoms with Crippen molar-refractivity contribution in [2.24, 2.45) is 7.05 Å². The molecule has 1 radical (unpaired) electrons. The monoisotopic (exact) mass is 341 g/mol. The van der Waals surface area contributed by atoms with Gasteiger partial charge in [-0.3, -0.25) is 9.48 Å². The Bertz CT molecular complexity index is 707. The zero-order valence-corrected chi connectivity index (χ0v) is 14.9. The number of carbonyl (C=O) groups excluding carboxylic acids is 1. The maximum absolute atomic E-state index is 12.0. The van der Waals surface area contributed by atoms with Crippen LogP contribution in [0.25, 0.3) is 11.1 Å². The van der Waals surface area contributed by atoms with Gasteiger partial charge in [0.25, 0.3) is 0 Å². The number of hydrogen-bond acceptors (Lipinski definition) is 4. The van der Waals surface area contributed by atoms with Gasteiger partial charge in [-0.15, -0.1) is 0 Å². The fourth-order valence-electron chi connectivity index (χ4n) is 3.25. The molecule has 133 valence electrons. The van der Waals surface area contributed by atoms with E-state index in [1.54, 1.807) is 11.6 Å². The number of rotatable bonds is 6. The van der Waals surface area contributed by atoms with Crippen molar-refractivity contribution in [2.45, 2.75) is 25.8 Å². The molecule has 1 aliphatic heterocycles. The van der Waals surface area contributed by atoms with Crippen LogP contribution < -0.4 is 10.1 Å². The lowest BCUT2D eigenvalue weighted by Crippen LogP contribution is -2.46. The van der Waals surface area contributed by atoms with E-state index in [4.69, 9.17) is 4.74 Å². The molecule has 1 amide bonds. The summed E-state index contributed by atoms with van der Waals surface area (Å²) < 4.78 is 7.65. The zero-order chi connectivity index (χ0) is 17.6. The molecule has 1 aromatic heterocycles. The van der Waals surface area contributed by atoms with Gasteiger partial charge in [0.05, 0.1) is 12.7 Å². The minimum atomic E-state index is 0.117. The Labute approximate surface area is 148 Å². The van der Waals surface area contributed by atoms with Crippen LogP contribution in [-0.4, -0.2) is 52.9 Å². The normalized spacial score (nSPS) is 15.1. The highest BCUT2D eigenvalue weighted by Gasteiger charge is 2.22. The first-order valence-corrected chi connectivity index (χ1v) is 8.74. The minimum absolute atomic E-state index is 0.117. The van der Waals surface area contributed by atoms with Crippen LogP contribution in [0.4, 0.5) is 0 Å². The number of hydrogen-bond donors (Lipinski definition) is 1. The van der Waals surface area contributed by atoms with E-state index in [0.717, 1.165) is 42.8 Å². The van der Waals surface area contributed by atoms with E-state index < -0.39 is 0 Å². The molecule has 3 rings (SSSR count). The van der Waals surface area contributed by atoms with E-state index in [9.17, 15) is 4.79 Å². The Hall–Kier alpha value is -2.34. The largest absolute Gasteiger partial charge is 0.492 e. The molecule has 0 bridgehead atoms. The van der Waals surface area contributed by atoms with Gasteiger partial charge in [-0.05, 0) is 55.8 Å². The van der Waals surface area contributed by atoms with Gasteiger partial charge >= 0.3 is 0 Å². The van der Waals surface area contributed by atoms with E-state index >= 15 is 0 Å². The highest BCUT2D eigenvalue weighted by Crippen LogP contribution is 2.23. The summed E-state index contributed by atoms with van der Waals surface area (Å²) in [6.07, 6.45) is 5.79. The number of aryl methyl sites for hydroxylation is 1. The predicted octanol–water partition coefficient (Wildman–Crippen LogP) is 1.87. The SMILES string of the molecule is CC(=O)N(CCOc1c[c]cc(-c2cnn(C)c2)c1)C1CCNCC1. The summed E-state index contributed by atoms with van der Waals surface area (Å²) in [5.41, 5.74) is 2.05. The third-order valence-corrected chi connectivity index (χ3v) is 4.56. The Kier molecular flexibility index (Phi) is 5.71. The van der Waals surface area contributed by atoms with E-state index in [2.05, 4.69) is 16.5 Å². The highest BCUT2D eigenvalue weighted by molar-refractivity contribution is 5.73. The van der Waals surface area contributed by atoms with Gasteiger partial charge < -0.3 is 15.0 Å². The Balaban J connectivity index is 1.58. The van der Waals surface area contributed by atoms with E-state index in [-0.39, 0.29) is 5.91 Å². The van der Waals surface area contributed by atoms with Crippen molar-refractivity contribution in [3.05, 3.63) is 36.7 Å². The first-order chi connectivity index (χ1) is 12.1. The number of nitrogens with one attached hydrogen (secondary N) is 1. The van der Waals surface area contributed by atoms with Crippen molar-refractivity contribution in [3.63, 3.8) is 0 Å². The molecular formula is C19H25N4O2. The van der Waals surface area contributed by atoms with Crippen molar-refractivity contribution in [2.75, 3.05) is 26.2 Å². The molecule has 1 fully saturated rings. The van der Waals surface area contributed by atoms with Gasteiger partial charge in [0.2, 0.25) is 5.91 Å². The average Bonchev–Trinajstić information content (AvgIpc) is 3.06. The second-order valence-electron chi connectivity index (χ2n) is 6.40. The third kappa shape index (κ3) is 4.60. The number of ether oxygens (including phenoxy) is 1. The van der Waals surface area contributed by atoms with Gasteiger partial charge in [0.1, 0.15) is 12.4 Å². The lowest BCUT2D eigenvalue weighted by Gasteiger charge is -2.34. The number of carbonyl (C=O) groups is 1. The van der Waals surface area contributed by atoms with Crippen LogP contribution in [0.5, 0.6) is 5.75 Å². The van der Waals surface area contributed by atoms with Gasteiger partial charge in [-0.1, -0.05) is 0 Å². The lowest BCUT2D eigenvalue weighted by atomic mass is 10.0. The standard InChI is InChI=1S/C19H25N4O2/c1-15(24)23(18-6-8-20-9-7-18)10-11-25-19-5-3-4-16(12-19)17-13-21-22(2)14-17/h4-5,12-14,18,20H,6-11H2,1-2H3. The topological polar surface area (TPSA) is 59.4 Å². The second kappa shape index (κ2) is 8.16. The van der Waals surface area contributed by atoms with Gasteiger partial charge in [0.15, 0.2) is 0 Å². The van der Waals surface area contributed by atoms with Crippen molar-refractivity contribution in [3.8, 4) is 16.9 Å². The summed E-state index contributed by atoms with van der Waals surface area (Å²) in [6.45, 7) is 4.67. The average molecular weight is 341 g/mol. The molecule has 0 spiro atoms. The molecule has 0 aliphatic carbocycles. The van der Waals surface area contributed by atoms with Crippen LogP contribution in [0.15, 0.2) is 30.6 Å². The van der Waals surface area contributed by atoms with Crippen LogP contribution in [0.3, 0.4) is 0 Å². The van der Waals surface area contributed by atoms with Crippen molar-refractivity contribution < 1.29 is 9.53 Å². The maximum atomic E-state index is 12.0. The predicted molar refractivity (Wildman–Crippen MR) is 96.3 cm³/mol. The Morgan fingerprint density at radius 2 is 2.20 bits per heavy atom. The molecule has 1 aromatic carbocycles. The number of amides is 1. The summed E-state index contributed by atoms with van der Waals surface area (Å²) in [7, 11) is 1.89. The second-order valence-corrected chi connectivity index (χ2v) is 6.40. The lowest BCUT2D eigenvalue weighted by molar-refractivity contribution is -0.132. The molecule has 1 N–H and O–H groups in total. The van der Waals surface area contributed by atoms with E-state index in [1.165, 1.54) is 0 Å². The van der Waals surface area contributed by atoms with Gasteiger partial charge in [-0.25, -0.2) is 0 Å². The zero-order valence-electron chi connectivity index (χ0n) is 14.9. The van der Waals surface area contributed by atoms with Crippen LogP contribution in [0, 0.1) is 6.07 Å². The smallest absolute Gasteiger partial charge is 0.219 e. The molecule has 2 aromatic rings. The van der Waals surface area contributed by atoms with E-state index in [1.807, 2.05) is 42.5 Å². The summed E-state index contributed by atoms with van der Waals surface area (Å²) >= 11 is 0. The summed E-state index contributed by atoms with van der Waals surface area (Å²) in [5.74, 6) is 0.876.